The number of ether oxygens (including phenoxy) is 2. The molecule has 1 aromatic heterocycles. The van der Waals surface area contributed by atoms with Crippen molar-refractivity contribution in [1.29, 1.82) is 5.26 Å². The van der Waals surface area contributed by atoms with E-state index in [2.05, 4.69) is 10.3 Å². The number of anilines is 1. The summed E-state index contributed by atoms with van der Waals surface area (Å²) in [6, 6.07) is 9.83. The number of rotatable bonds is 8. The zero-order valence-corrected chi connectivity index (χ0v) is 14.6. The molecule has 0 radical (unpaired) electrons. The molecule has 0 unspecified atom stereocenters. The lowest BCUT2D eigenvalue weighted by molar-refractivity contribution is -0.139. The Morgan fingerprint density at radius 1 is 1.30 bits per heavy atom. The number of benzene rings is 1. The Balaban J connectivity index is 2.03. The normalized spacial score (nSPS) is 9.93. The van der Waals surface area contributed by atoms with Crippen LogP contribution in [0, 0.1) is 11.3 Å². The topological polar surface area (TPSA) is 148 Å². The summed E-state index contributed by atoms with van der Waals surface area (Å²) < 4.78 is 10.3. The maximum atomic E-state index is 12.3. The molecule has 2 aromatic rings. The summed E-state index contributed by atoms with van der Waals surface area (Å²) in [7, 11) is 0. The first kappa shape index (κ1) is 19.5. The molecule has 0 spiro atoms. The molecule has 1 amide bonds. The van der Waals surface area contributed by atoms with E-state index in [1.165, 1.54) is 6.07 Å². The van der Waals surface area contributed by atoms with Crippen LogP contribution in [0.5, 0.6) is 11.6 Å². The van der Waals surface area contributed by atoms with E-state index < -0.39 is 18.5 Å². The Morgan fingerprint density at radius 2 is 2.00 bits per heavy atom. The first-order valence-corrected chi connectivity index (χ1v) is 7.99. The number of carbonyl (C=O) groups excluding carboxylic acids is 1. The van der Waals surface area contributed by atoms with Gasteiger partial charge in [0.05, 0.1) is 12.3 Å². The molecule has 0 aliphatic carbocycles. The summed E-state index contributed by atoms with van der Waals surface area (Å²) in [5.74, 6) is -1.11. The maximum Gasteiger partial charge on any atom is 0.341 e. The van der Waals surface area contributed by atoms with Gasteiger partial charge in [0.1, 0.15) is 23.1 Å². The fourth-order valence-electron chi connectivity index (χ4n) is 2.13. The first-order valence-electron chi connectivity index (χ1n) is 7.99. The van der Waals surface area contributed by atoms with E-state index in [1.54, 1.807) is 31.2 Å². The summed E-state index contributed by atoms with van der Waals surface area (Å²) in [4.78, 5) is 26.8. The van der Waals surface area contributed by atoms with Gasteiger partial charge in [0.15, 0.2) is 6.61 Å². The number of aromatic nitrogens is 1. The second-order valence-electron chi connectivity index (χ2n) is 5.33. The van der Waals surface area contributed by atoms with Gasteiger partial charge in [-0.2, -0.15) is 5.26 Å². The molecule has 0 atom stereocenters. The van der Waals surface area contributed by atoms with E-state index in [0.29, 0.717) is 5.75 Å². The monoisotopic (exact) mass is 370 g/mol. The number of aliphatic carboxylic acids is 1. The molecule has 2 rings (SSSR count). The second-order valence-corrected chi connectivity index (χ2v) is 5.33. The van der Waals surface area contributed by atoms with E-state index >= 15 is 0 Å². The molecule has 0 saturated heterocycles. The SMILES string of the molecule is CCOc1nc(C(=O)NCc2ccc(OCC(=O)O)cc2)cc(N)c1C#N. The summed E-state index contributed by atoms with van der Waals surface area (Å²) in [6.07, 6.45) is 0. The van der Waals surface area contributed by atoms with Crippen LogP contribution in [0.3, 0.4) is 0 Å². The Kier molecular flexibility index (Phi) is 6.55. The quantitative estimate of drug-likeness (QED) is 0.630. The van der Waals surface area contributed by atoms with Crippen LogP contribution < -0.4 is 20.5 Å². The Labute approximate surface area is 155 Å². The highest BCUT2D eigenvalue weighted by atomic mass is 16.5. The van der Waals surface area contributed by atoms with Crippen molar-refractivity contribution in [2.45, 2.75) is 13.5 Å². The molecule has 9 heteroatoms. The molecule has 0 aliphatic rings. The van der Waals surface area contributed by atoms with Crippen molar-refractivity contribution in [3.63, 3.8) is 0 Å². The molecule has 27 heavy (non-hydrogen) atoms. The summed E-state index contributed by atoms with van der Waals surface area (Å²) in [5.41, 5.74) is 6.81. The molecule has 0 bridgehead atoms. The largest absolute Gasteiger partial charge is 0.482 e. The standard InChI is InChI=1S/C18H18N4O5/c1-2-26-18-13(8-19)14(20)7-15(22-18)17(25)21-9-11-3-5-12(6-4-11)27-10-16(23)24/h3-7H,2,9-10H2,1H3,(H2,20,22)(H,21,25)(H,23,24). The first-order chi connectivity index (χ1) is 12.9. The predicted octanol–water partition coefficient (Wildman–Crippen LogP) is 1.33. The Hall–Kier alpha value is -3.80. The van der Waals surface area contributed by atoms with Gasteiger partial charge in [-0.1, -0.05) is 12.1 Å². The summed E-state index contributed by atoms with van der Waals surface area (Å²) in [5, 5.41) is 20.4. The van der Waals surface area contributed by atoms with Crippen LogP contribution in [0.4, 0.5) is 5.69 Å². The van der Waals surface area contributed by atoms with Crippen LogP contribution in [0.15, 0.2) is 30.3 Å². The van der Waals surface area contributed by atoms with Gasteiger partial charge >= 0.3 is 5.97 Å². The van der Waals surface area contributed by atoms with Crippen LogP contribution in [0.2, 0.25) is 0 Å². The van der Waals surface area contributed by atoms with Gasteiger partial charge in [-0.25, -0.2) is 9.78 Å². The Bertz CT molecular complexity index is 875. The maximum absolute atomic E-state index is 12.3. The van der Waals surface area contributed by atoms with E-state index in [1.807, 2.05) is 6.07 Å². The van der Waals surface area contributed by atoms with Gasteiger partial charge < -0.3 is 25.6 Å². The highest BCUT2D eigenvalue weighted by molar-refractivity contribution is 5.93. The van der Waals surface area contributed by atoms with E-state index in [9.17, 15) is 9.59 Å². The lowest BCUT2D eigenvalue weighted by Gasteiger charge is -2.10. The smallest absolute Gasteiger partial charge is 0.341 e. The van der Waals surface area contributed by atoms with Crippen LogP contribution >= 0.6 is 0 Å². The molecular weight excluding hydrogens is 352 g/mol. The van der Waals surface area contributed by atoms with E-state index in [4.69, 9.17) is 25.6 Å². The van der Waals surface area contributed by atoms with E-state index in [0.717, 1.165) is 5.56 Å². The van der Waals surface area contributed by atoms with Crippen molar-refractivity contribution >= 4 is 17.6 Å². The van der Waals surface area contributed by atoms with Crippen molar-refractivity contribution in [3.05, 3.63) is 47.2 Å². The number of nitrogens with zero attached hydrogens (tertiary/aromatic N) is 2. The highest BCUT2D eigenvalue weighted by Gasteiger charge is 2.16. The van der Waals surface area contributed by atoms with Gasteiger partial charge in [0, 0.05) is 6.54 Å². The number of nitrogens with two attached hydrogens (primary N) is 1. The number of nitrogens with one attached hydrogen (secondary N) is 1. The summed E-state index contributed by atoms with van der Waals surface area (Å²) >= 11 is 0. The van der Waals surface area contributed by atoms with Crippen molar-refractivity contribution in [3.8, 4) is 17.7 Å². The zero-order valence-electron chi connectivity index (χ0n) is 14.6. The van der Waals surface area contributed by atoms with Crippen LogP contribution in [0.1, 0.15) is 28.5 Å². The molecule has 140 valence electrons. The highest BCUT2D eigenvalue weighted by Crippen LogP contribution is 2.22. The van der Waals surface area contributed by atoms with Gasteiger partial charge in [0.2, 0.25) is 5.88 Å². The summed E-state index contributed by atoms with van der Waals surface area (Å²) in [6.45, 7) is 1.80. The third-order valence-electron chi connectivity index (χ3n) is 3.38. The van der Waals surface area contributed by atoms with Crippen LogP contribution in [-0.4, -0.2) is 35.2 Å². The lowest BCUT2D eigenvalue weighted by atomic mass is 10.2. The predicted molar refractivity (Wildman–Crippen MR) is 95.3 cm³/mol. The number of hydrogen-bond donors (Lipinski definition) is 3. The van der Waals surface area contributed by atoms with Gasteiger partial charge in [-0.05, 0) is 30.7 Å². The van der Waals surface area contributed by atoms with Gasteiger partial charge in [-0.15, -0.1) is 0 Å². The van der Waals surface area contributed by atoms with Crippen LogP contribution in [-0.2, 0) is 11.3 Å². The van der Waals surface area contributed by atoms with Crippen molar-refractivity contribution in [2.24, 2.45) is 0 Å². The minimum absolute atomic E-state index is 0.0186. The number of nitriles is 1. The molecule has 0 fully saturated rings. The van der Waals surface area contributed by atoms with Gasteiger partial charge in [-0.3, -0.25) is 4.79 Å². The fraction of sp³-hybridized carbons (Fsp3) is 0.222. The zero-order chi connectivity index (χ0) is 19.8. The molecule has 1 heterocycles. The van der Waals surface area contributed by atoms with E-state index in [-0.39, 0.29) is 36.0 Å². The molecule has 4 N–H and O–H groups in total. The number of nitrogen functional groups attached to an aromatic ring is 1. The number of hydrogen-bond acceptors (Lipinski definition) is 7. The fourth-order valence-corrected chi connectivity index (χ4v) is 2.13. The Morgan fingerprint density at radius 3 is 2.59 bits per heavy atom. The number of carbonyl (C=O) groups is 2. The van der Waals surface area contributed by atoms with Crippen LogP contribution in [0.25, 0.3) is 0 Å². The lowest BCUT2D eigenvalue weighted by Crippen LogP contribution is -2.24. The molecule has 9 nitrogen and oxygen atoms in total. The third kappa shape index (κ3) is 5.34. The number of amides is 1. The average molecular weight is 370 g/mol. The third-order valence-corrected chi connectivity index (χ3v) is 3.38. The minimum atomic E-state index is -1.06. The van der Waals surface area contributed by atoms with Crippen molar-refractivity contribution < 1.29 is 24.2 Å². The number of carboxylic acids is 1. The second kappa shape index (κ2) is 9.05. The molecule has 0 saturated carbocycles. The number of carboxylic acid groups (broad SMARTS) is 1. The van der Waals surface area contributed by atoms with Crippen molar-refractivity contribution in [1.82, 2.24) is 10.3 Å². The average Bonchev–Trinajstić information content (AvgIpc) is 2.65. The molecule has 1 aromatic carbocycles. The minimum Gasteiger partial charge on any atom is -0.482 e. The molecule has 0 aliphatic heterocycles. The van der Waals surface area contributed by atoms with Crippen molar-refractivity contribution in [2.75, 3.05) is 18.9 Å². The van der Waals surface area contributed by atoms with Gasteiger partial charge in [0.25, 0.3) is 5.91 Å². The number of pyridine rings is 1. The molecular formula is C18H18N4O5.